The molecular formula is C17H13F3N4O3. The van der Waals surface area contributed by atoms with Crippen LogP contribution in [0.5, 0.6) is 0 Å². The minimum atomic E-state index is -5.08. The van der Waals surface area contributed by atoms with Crippen LogP contribution in [0.1, 0.15) is 0 Å². The summed E-state index contributed by atoms with van der Waals surface area (Å²) in [4.78, 5) is 31.8. The molecule has 3 N–H and O–H groups in total. The molecule has 140 valence electrons. The quantitative estimate of drug-likeness (QED) is 0.606. The summed E-state index contributed by atoms with van der Waals surface area (Å²) >= 11 is 0. The van der Waals surface area contributed by atoms with E-state index in [4.69, 9.17) is 9.90 Å². The molecule has 2 heterocycles. The maximum absolute atomic E-state index is 11.2. The molecule has 1 amide bonds. The van der Waals surface area contributed by atoms with Gasteiger partial charge >= 0.3 is 12.1 Å². The van der Waals surface area contributed by atoms with Gasteiger partial charge in [-0.3, -0.25) is 9.78 Å². The van der Waals surface area contributed by atoms with Crippen molar-refractivity contribution >= 4 is 28.6 Å². The van der Waals surface area contributed by atoms with E-state index in [0.717, 1.165) is 28.1 Å². The van der Waals surface area contributed by atoms with Crippen LogP contribution in [0, 0.1) is 0 Å². The van der Waals surface area contributed by atoms with Gasteiger partial charge in [0.1, 0.15) is 5.82 Å². The minimum Gasteiger partial charge on any atom is -0.475 e. The molecule has 0 spiro atoms. The lowest BCUT2D eigenvalue weighted by atomic mass is 10.2. The van der Waals surface area contributed by atoms with E-state index in [-0.39, 0.29) is 5.91 Å². The summed E-state index contributed by atoms with van der Waals surface area (Å²) in [6, 6.07) is 9.28. The van der Waals surface area contributed by atoms with Gasteiger partial charge in [0.15, 0.2) is 0 Å². The van der Waals surface area contributed by atoms with Crippen LogP contribution >= 0.6 is 0 Å². The van der Waals surface area contributed by atoms with E-state index in [0.29, 0.717) is 0 Å². The highest BCUT2D eigenvalue weighted by atomic mass is 19.4. The number of nitrogens with zero attached hydrogens (tertiary/aromatic N) is 2. The number of anilines is 1. The SMILES string of the molecule is C=CC(=O)Nc1ccc(-c2nc3ccncc3[nH]2)cc1.O=C(O)C(F)(F)F. The molecule has 2 aromatic heterocycles. The molecular weight excluding hydrogens is 365 g/mol. The molecule has 0 aliphatic heterocycles. The Labute approximate surface area is 150 Å². The van der Waals surface area contributed by atoms with Crippen molar-refractivity contribution in [2.45, 2.75) is 6.18 Å². The van der Waals surface area contributed by atoms with E-state index in [1.165, 1.54) is 6.08 Å². The highest BCUT2D eigenvalue weighted by Gasteiger charge is 2.38. The molecule has 0 aliphatic rings. The van der Waals surface area contributed by atoms with Crippen LogP contribution < -0.4 is 5.32 Å². The van der Waals surface area contributed by atoms with E-state index < -0.39 is 12.1 Å². The first-order valence-corrected chi connectivity index (χ1v) is 7.34. The average molecular weight is 378 g/mol. The second-order valence-electron chi connectivity index (χ2n) is 5.05. The Bertz CT molecular complexity index is 932. The van der Waals surface area contributed by atoms with Crippen molar-refractivity contribution in [2.75, 3.05) is 5.32 Å². The summed E-state index contributed by atoms with van der Waals surface area (Å²) < 4.78 is 31.7. The molecule has 0 bridgehead atoms. The first kappa shape index (κ1) is 19.6. The molecule has 7 nitrogen and oxygen atoms in total. The number of fused-ring (bicyclic) bond motifs is 1. The fourth-order valence-corrected chi connectivity index (χ4v) is 1.90. The fraction of sp³-hybridized carbons (Fsp3) is 0.0588. The number of halogens is 3. The van der Waals surface area contributed by atoms with Gasteiger partial charge in [-0.1, -0.05) is 6.58 Å². The predicted molar refractivity (Wildman–Crippen MR) is 91.8 cm³/mol. The summed E-state index contributed by atoms with van der Waals surface area (Å²) in [5.74, 6) is -2.21. The lowest BCUT2D eigenvalue weighted by Crippen LogP contribution is -2.21. The molecule has 0 saturated carbocycles. The Balaban J connectivity index is 0.000000321. The van der Waals surface area contributed by atoms with Crippen LogP contribution in [-0.2, 0) is 9.59 Å². The van der Waals surface area contributed by atoms with Crippen LogP contribution in [0.3, 0.4) is 0 Å². The number of H-pyrrole nitrogens is 1. The zero-order valence-electron chi connectivity index (χ0n) is 13.6. The van der Waals surface area contributed by atoms with Crippen molar-refractivity contribution in [1.29, 1.82) is 0 Å². The predicted octanol–water partition coefficient (Wildman–Crippen LogP) is 3.38. The summed E-state index contributed by atoms with van der Waals surface area (Å²) in [6.07, 6.45) is -0.397. The van der Waals surface area contributed by atoms with E-state index in [1.807, 2.05) is 30.3 Å². The number of amides is 1. The smallest absolute Gasteiger partial charge is 0.475 e. The number of aromatic nitrogens is 3. The maximum atomic E-state index is 11.2. The van der Waals surface area contributed by atoms with Crippen molar-refractivity contribution < 1.29 is 27.9 Å². The Morgan fingerprint density at radius 1 is 1.19 bits per heavy atom. The van der Waals surface area contributed by atoms with Gasteiger partial charge in [-0.15, -0.1) is 0 Å². The van der Waals surface area contributed by atoms with Gasteiger partial charge in [-0.2, -0.15) is 13.2 Å². The highest BCUT2D eigenvalue weighted by Crippen LogP contribution is 2.21. The van der Waals surface area contributed by atoms with Crippen LogP contribution in [0.4, 0.5) is 18.9 Å². The van der Waals surface area contributed by atoms with E-state index in [9.17, 15) is 18.0 Å². The van der Waals surface area contributed by atoms with E-state index in [2.05, 4.69) is 26.8 Å². The number of carbonyl (C=O) groups excluding carboxylic acids is 1. The van der Waals surface area contributed by atoms with Gasteiger partial charge in [0, 0.05) is 17.4 Å². The molecule has 0 atom stereocenters. The number of hydrogen-bond donors (Lipinski definition) is 3. The second kappa shape index (κ2) is 8.13. The number of hydrogen-bond acceptors (Lipinski definition) is 4. The number of rotatable bonds is 3. The zero-order valence-corrected chi connectivity index (χ0v) is 13.6. The summed E-state index contributed by atoms with van der Waals surface area (Å²) in [5.41, 5.74) is 3.43. The largest absolute Gasteiger partial charge is 0.490 e. The number of carboxylic acid groups (broad SMARTS) is 1. The standard InChI is InChI=1S/C15H12N4O.C2HF3O2/c1-2-14(20)17-11-5-3-10(4-6-11)15-18-12-7-8-16-9-13(12)19-15;3-2(4,5)1(6)7/h2-9H,1H2,(H,17,20)(H,18,19);(H,6,7). The first-order chi connectivity index (χ1) is 12.7. The topological polar surface area (TPSA) is 108 Å². The van der Waals surface area contributed by atoms with Gasteiger partial charge < -0.3 is 15.4 Å². The highest BCUT2D eigenvalue weighted by molar-refractivity contribution is 5.99. The van der Waals surface area contributed by atoms with Crippen molar-refractivity contribution in [3.8, 4) is 11.4 Å². The van der Waals surface area contributed by atoms with Gasteiger partial charge in [0.2, 0.25) is 5.91 Å². The van der Waals surface area contributed by atoms with Gasteiger partial charge in [-0.05, 0) is 36.4 Å². The van der Waals surface area contributed by atoms with Gasteiger partial charge in [-0.25, -0.2) is 9.78 Å². The molecule has 0 unspecified atom stereocenters. The molecule has 0 aliphatic carbocycles. The molecule has 27 heavy (non-hydrogen) atoms. The number of alkyl halides is 3. The van der Waals surface area contributed by atoms with Crippen LogP contribution in [0.25, 0.3) is 22.4 Å². The third-order valence-electron chi connectivity index (χ3n) is 3.14. The fourth-order valence-electron chi connectivity index (χ4n) is 1.90. The number of nitrogens with one attached hydrogen (secondary N) is 2. The van der Waals surface area contributed by atoms with Crippen molar-refractivity contribution in [2.24, 2.45) is 0 Å². The molecule has 0 saturated heterocycles. The summed E-state index contributed by atoms with van der Waals surface area (Å²) in [6.45, 7) is 3.41. The average Bonchev–Trinajstić information content (AvgIpc) is 3.06. The third-order valence-corrected chi connectivity index (χ3v) is 3.14. The Morgan fingerprint density at radius 3 is 2.33 bits per heavy atom. The van der Waals surface area contributed by atoms with Gasteiger partial charge in [0.05, 0.1) is 17.2 Å². The van der Waals surface area contributed by atoms with Crippen LogP contribution in [0.15, 0.2) is 55.4 Å². The maximum Gasteiger partial charge on any atom is 0.490 e. The molecule has 0 radical (unpaired) electrons. The zero-order chi connectivity index (χ0) is 20.0. The third kappa shape index (κ3) is 5.39. The van der Waals surface area contributed by atoms with Crippen molar-refractivity contribution in [3.05, 3.63) is 55.4 Å². The molecule has 10 heteroatoms. The summed E-state index contributed by atoms with van der Waals surface area (Å²) in [5, 5.41) is 9.82. The first-order valence-electron chi connectivity index (χ1n) is 7.34. The van der Waals surface area contributed by atoms with Crippen LogP contribution in [-0.4, -0.2) is 38.1 Å². The number of pyridine rings is 1. The molecule has 3 aromatic rings. The molecule has 0 fully saturated rings. The lowest BCUT2D eigenvalue weighted by Gasteiger charge is -2.02. The molecule has 3 rings (SSSR count). The molecule has 1 aromatic carbocycles. The van der Waals surface area contributed by atoms with Crippen molar-refractivity contribution in [1.82, 2.24) is 15.0 Å². The Kier molecular flexibility index (Phi) is 5.91. The summed E-state index contributed by atoms with van der Waals surface area (Å²) in [7, 11) is 0. The second-order valence-corrected chi connectivity index (χ2v) is 5.05. The minimum absolute atomic E-state index is 0.229. The van der Waals surface area contributed by atoms with E-state index in [1.54, 1.807) is 12.4 Å². The normalized spacial score (nSPS) is 10.6. The number of aromatic amines is 1. The Hall–Kier alpha value is -3.69. The number of carbonyl (C=O) groups is 2. The van der Waals surface area contributed by atoms with Crippen molar-refractivity contribution in [3.63, 3.8) is 0 Å². The van der Waals surface area contributed by atoms with E-state index >= 15 is 0 Å². The number of aliphatic carboxylic acids is 1. The number of benzene rings is 1. The number of carboxylic acids is 1. The van der Waals surface area contributed by atoms with Crippen LogP contribution in [0.2, 0.25) is 0 Å². The number of imidazole rings is 1. The monoisotopic (exact) mass is 378 g/mol. The lowest BCUT2D eigenvalue weighted by molar-refractivity contribution is -0.192. The van der Waals surface area contributed by atoms with Gasteiger partial charge in [0.25, 0.3) is 0 Å². The Morgan fingerprint density at radius 2 is 1.81 bits per heavy atom.